The van der Waals surface area contributed by atoms with Crippen LogP contribution in [-0.2, 0) is 9.16 Å². The number of hydrogen-bond donors (Lipinski definition) is 0. The van der Waals surface area contributed by atoms with Gasteiger partial charge in [0.15, 0.2) is 14.1 Å². The first-order valence-corrected chi connectivity index (χ1v) is 8.08. The third kappa shape index (κ3) is 4.90. The maximum absolute atomic E-state index is 5.93. The molecule has 0 rings (SSSR count). The molecule has 0 aromatic carbocycles. The van der Waals surface area contributed by atoms with Gasteiger partial charge in [0.2, 0.25) is 0 Å². The monoisotopic (exact) mass is 190 g/mol. The summed E-state index contributed by atoms with van der Waals surface area (Å²) < 4.78 is 11.5. The van der Waals surface area contributed by atoms with Gasteiger partial charge in [-0.1, -0.05) is 6.92 Å². The summed E-state index contributed by atoms with van der Waals surface area (Å²) in [5.41, 5.74) is 0. The lowest BCUT2D eigenvalue weighted by Crippen LogP contribution is -2.42. The average Bonchev–Trinajstić information content (AvgIpc) is 1.84. The van der Waals surface area contributed by atoms with Crippen LogP contribution in [0.2, 0.25) is 19.6 Å². The van der Waals surface area contributed by atoms with Gasteiger partial charge < -0.3 is 9.16 Å². The zero-order valence-electron chi connectivity index (χ0n) is 9.23. The highest BCUT2D eigenvalue weighted by Crippen LogP contribution is 2.22. The summed E-state index contributed by atoms with van der Waals surface area (Å²) in [5, 5.41) is 0. The third-order valence-electron chi connectivity index (χ3n) is 1.61. The molecule has 2 nitrogen and oxygen atoms in total. The third-order valence-corrected chi connectivity index (χ3v) is 2.66. The Balaban J connectivity index is 4.14. The van der Waals surface area contributed by atoms with Crippen LogP contribution in [0.5, 0.6) is 0 Å². The molecule has 0 N–H and O–H groups in total. The highest BCUT2D eigenvalue weighted by molar-refractivity contribution is 6.69. The van der Waals surface area contributed by atoms with Gasteiger partial charge in [0.1, 0.15) is 0 Å². The zero-order valence-corrected chi connectivity index (χ0v) is 10.2. The summed E-state index contributed by atoms with van der Waals surface area (Å²) in [6, 6.07) is 0. The molecule has 0 heterocycles. The lowest BCUT2D eigenvalue weighted by Gasteiger charge is -2.34. The summed E-state index contributed by atoms with van der Waals surface area (Å²) >= 11 is 0. The number of hydrogen-bond acceptors (Lipinski definition) is 2. The molecule has 1 unspecified atom stereocenters. The zero-order chi connectivity index (χ0) is 9.83. The van der Waals surface area contributed by atoms with Crippen LogP contribution < -0.4 is 0 Å². The van der Waals surface area contributed by atoms with Gasteiger partial charge in [-0.2, -0.15) is 0 Å². The normalized spacial score (nSPS) is 17.5. The molecule has 0 saturated heterocycles. The largest absolute Gasteiger partial charge is 0.391 e. The van der Waals surface area contributed by atoms with Gasteiger partial charge in [0.05, 0.1) is 0 Å². The van der Waals surface area contributed by atoms with Crippen molar-refractivity contribution in [3.8, 4) is 0 Å². The van der Waals surface area contributed by atoms with Gasteiger partial charge in [-0.3, -0.25) is 0 Å². The van der Waals surface area contributed by atoms with Gasteiger partial charge in [-0.15, -0.1) is 0 Å². The maximum Gasteiger partial charge on any atom is 0.187 e. The predicted molar refractivity (Wildman–Crippen MR) is 54.8 cm³/mol. The van der Waals surface area contributed by atoms with Crippen molar-refractivity contribution >= 4 is 8.32 Å². The summed E-state index contributed by atoms with van der Waals surface area (Å²) in [5.74, 6) is -0.362. The van der Waals surface area contributed by atoms with Gasteiger partial charge in [-0.25, -0.2) is 0 Å². The Hall–Kier alpha value is 0.137. The summed E-state index contributed by atoms with van der Waals surface area (Å²) in [4.78, 5) is 0. The molecule has 0 aliphatic carbocycles. The van der Waals surface area contributed by atoms with E-state index in [9.17, 15) is 0 Å². The molecule has 0 aliphatic heterocycles. The Kier molecular flexibility index (Phi) is 4.44. The van der Waals surface area contributed by atoms with Crippen molar-refractivity contribution in [2.75, 3.05) is 6.61 Å². The van der Waals surface area contributed by atoms with E-state index < -0.39 is 8.32 Å². The molecule has 3 heteroatoms. The molecule has 0 fully saturated rings. The maximum atomic E-state index is 5.93. The van der Waals surface area contributed by atoms with E-state index in [1.54, 1.807) is 0 Å². The first-order chi connectivity index (χ1) is 5.33. The Morgan fingerprint density at radius 1 is 1.17 bits per heavy atom. The second kappa shape index (κ2) is 4.39. The Bertz CT molecular complexity index is 131. The van der Waals surface area contributed by atoms with Gasteiger partial charge in [0, 0.05) is 6.61 Å². The molecule has 0 amide bonds. The van der Waals surface area contributed by atoms with Crippen molar-refractivity contribution in [2.45, 2.75) is 52.6 Å². The van der Waals surface area contributed by atoms with Crippen LogP contribution >= 0.6 is 0 Å². The molecular weight excluding hydrogens is 168 g/mol. The van der Waals surface area contributed by atoms with Crippen molar-refractivity contribution in [2.24, 2.45) is 0 Å². The number of rotatable bonds is 5. The topological polar surface area (TPSA) is 18.5 Å². The summed E-state index contributed by atoms with van der Waals surface area (Å²) in [6.45, 7) is 13.4. The fourth-order valence-electron chi connectivity index (χ4n) is 1.16. The van der Waals surface area contributed by atoms with Gasteiger partial charge in [-0.05, 0) is 39.9 Å². The molecule has 1 atom stereocenters. The van der Waals surface area contributed by atoms with Crippen LogP contribution in [0.1, 0.15) is 27.2 Å². The first-order valence-electron chi connectivity index (χ1n) is 4.67. The molecule has 74 valence electrons. The molecule has 0 bridgehead atoms. The number of ether oxygens (including phenoxy) is 1. The molecular formula is C9H22O2Si. The van der Waals surface area contributed by atoms with E-state index >= 15 is 0 Å². The quantitative estimate of drug-likeness (QED) is 0.490. The molecule has 0 radical (unpaired) electrons. The van der Waals surface area contributed by atoms with Crippen LogP contribution in [0.4, 0.5) is 0 Å². The molecule has 0 aliphatic rings. The second-order valence-electron chi connectivity index (χ2n) is 4.13. The Labute approximate surface area is 77.4 Å². The van der Waals surface area contributed by atoms with E-state index in [1.807, 2.05) is 13.8 Å². The van der Waals surface area contributed by atoms with Gasteiger partial charge in [0.25, 0.3) is 0 Å². The fourth-order valence-corrected chi connectivity index (χ4v) is 2.66. The minimum Gasteiger partial charge on any atom is -0.391 e. The van der Waals surface area contributed by atoms with Crippen molar-refractivity contribution in [1.29, 1.82) is 0 Å². The molecule has 0 saturated carbocycles. The molecule has 12 heavy (non-hydrogen) atoms. The average molecular weight is 190 g/mol. The molecule has 0 aromatic heterocycles. The molecule has 0 aromatic rings. The minimum atomic E-state index is -1.48. The highest BCUT2D eigenvalue weighted by Gasteiger charge is 2.30. The van der Waals surface area contributed by atoms with E-state index in [0.29, 0.717) is 0 Å². The van der Waals surface area contributed by atoms with Crippen LogP contribution in [0, 0.1) is 0 Å². The van der Waals surface area contributed by atoms with Crippen molar-refractivity contribution < 1.29 is 9.16 Å². The Morgan fingerprint density at radius 2 is 1.67 bits per heavy atom. The SMILES string of the molecule is CCOC(C)(CC)O[Si](C)(C)C. The first kappa shape index (κ1) is 12.1. The summed E-state index contributed by atoms with van der Waals surface area (Å²) in [7, 11) is -1.48. The highest BCUT2D eigenvalue weighted by atomic mass is 28.4. The molecule has 0 spiro atoms. The van der Waals surface area contributed by atoms with E-state index in [1.165, 1.54) is 0 Å². The van der Waals surface area contributed by atoms with Crippen LogP contribution in [-0.4, -0.2) is 20.7 Å². The minimum absolute atomic E-state index is 0.362. The van der Waals surface area contributed by atoms with Gasteiger partial charge >= 0.3 is 0 Å². The van der Waals surface area contributed by atoms with E-state index in [4.69, 9.17) is 9.16 Å². The predicted octanol–water partition coefficient (Wildman–Crippen LogP) is 3.00. The summed E-state index contributed by atoms with van der Waals surface area (Å²) in [6.07, 6.45) is 0.908. The van der Waals surface area contributed by atoms with E-state index in [2.05, 4.69) is 26.6 Å². The Morgan fingerprint density at radius 3 is 1.92 bits per heavy atom. The lowest BCUT2D eigenvalue weighted by atomic mass is 10.2. The second-order valence-corrected chi connectivity index (χ2v) is 8.56. The van der Waals surface area contributed by atoms with E-state index in [0.717, 1.165) is 13.0 Å². The van der Waals surface area contributed by atoms with Crippen LogP contribution in [0.15, 0.2) is 0 Å². The standard InChI is InChI=1S/C9H22O2Si/c1-7-9(3,10-8-2)11-12(4,5)6/h7-8H2,1-6H3. The van der Waals surface area contributed by atoms with Crippen LogP contribution in [0.25, 0.3) is 0 Å². The smallest absolute Gasteiger partial charge is 0.187 e. The van der Waals surface area contributed by atoms with E-state index in [-0.39, 0.29) is 5.79 Å². The van der Waals surface area contributed by atoms with Crippen LogP contribution in [0.3, 0.4) is 0 Å². The van der Waals surface area contributed by atoms with Crippen molar-refractivity contribution in [3.05, 3.63) is 0 Å². The lowest BCUT2D eigenvalue weighted by molar-refractivity contribution is -0.174. The fraction of sp³-hybridized carbons (Fsp3) is 1.00. The van der Waals surface area contributed by atoms with Crippen molar-refractivity contribution in [1.82, 2.24) is 0 Å². The van der Waals surface area contributed by atoms with Crippen molar-refractivity contribution in [3.63, 3.8) is 0 Å².